The predicted molar refractivity (Wildman–Crippen MR) is 125 cm³/mol. The van der Waals surface area contributed by atoms with Crippen LogP contribution in [-0.2, 0) is 26.2 Å². The van der Waals surface area contributed by atoms with Gasteiger partial charge >= 0.3 is 12.0 Å². The molecule has 12 heteroatoms. The summed E-state index contributed by atoms with van der Waals surface area (Å²) in [6, 6.07) is 11.5. The number of nitrogens with one attached hydrogen (secondary N) is 3. The van der Waals surface area contributed by atoms with Gasteiger partial charge in [0.2, 0.25) is 15.9 Å². The van der Waals surface area contributed by atoms with E-state index in [-0.39, 0.29) is 24.4 Å². The Labute approximate surface area is 202 Å². The van der Waals surface area contributed by atoms with Crippen molar-refractivity contribution in [3.8, 4) is 0 Å². The van der Waals surface area contributed by atoms with E-state index in [2.05, 4.69) is 16.0 Å². The molecule has 0 bridgehead atoms. The number of nitrogens with zero attached hydrogens (tertiary/aromatic N) is 1. The van der Waals surface area contributed by atoms with E-state index >= 15 is 0 Å². The highest BCUT2D eigenvalue weighted by Gasteiger charge is 2.40. The predicted octanol–water partition coefficient (Wildman–Crippen LogP) is 1.56. The summed E-state index contributed by atoms with van der Waals surface area (Å²) in [4.78, 5) is 36.6. The van der Waals surface area contributed by atoms with E-state index in [0.717, 1.165) is 4.31 Å². The molecule has 0 unspecified atom stereocenters. The molecule has 3 amide bonds. The highest BCUT2D eigenvalue weighted by atomic mass is 35.5. The van der Waals surface area contributed by atoms with E-state index in [1.165, 1.54) is 12.1 Å². The van der Waals surface area contributed by atoms with E-state index in [4.69, 9.17) is 11.6 Å². The zero-order valence-corrected chi connectivity index (χ0v) is 19.7. The van der Waals surface area contributed by atoms with Gasteiger partial charge in [0, 0.05) is 18.1 Å². The van der Waals surface area contributed by atoms with Crippen molar-refractivity contribution < 1.29 is 27.9 Å². The monoisotopic (exact) mass is 508 g/mol. The van der Waals surface area contributed by atoms with Crippen LogP contribution < -0.4 is 16.0 Å². The number of halogens is 1. The first kappa shape index (κ1) is 25.5. The first-order valence-corrected chi connectivity index (χ1v) is 12.4. The Bertz CT molecular complexity index is 1150. The molecule has 2 aromatic carbocycles. The maximum atomic E-state index is 13.0. The van der Waals surface area contributed by atoms with Crippen LogP contribution in [-0.4, -0.2) is 60.9 Å². The number of carbonyl (C=O) groups excluding carboxylic acids is 2. The fourth-order valence-electron chi connectivity index (χ4n) is 3.56. The van der Waals surface area contributed by atoms with Gasteiger partial charge in [0.1, 0.15) is 12.1 Å². The van der Waals surface area contributed by atoms with Gasteiger partial charge in [-0.25, -0.2) is 18.0 Å². The Morgan fingerprint density at radius 3 is 2.41 bits per heavy atom. The molecule has 0 saturated carbocycles. The molecule has 182 valence electrons. The number of carboxylic acid groups (broad SMARTS) is 1. The third-order valence-corrected chi connectivity index (χ3v) is 7.63. The van der Waals surface area contributed by atoms with Crippen molar-refractivity contribution >= 4 is 39.5 Å². The average molecular weight is 509 g/mol. The molecule has 2 aromatic rings. The molecule has 2 atom stereocenters. The fraction of sp³-hybridized carbons (Fsp3) is 0.318. The van der Waals surface area contributed by atoms with Crippen LogP contribution in [0.1, 0.15) is 18.4 Å². The number of hydrogen-bond donors (Lipinski definition) is 4. The number of hydrogen-bond acceptors (Lipinski definition) is 5. The topological polar surface area (TPSA) is 145 Å². The van der Waals surface area contributed by atoms with E-state index in [1.807, 2.05) is 0 Å². The molecule has 0 spiro atoms. The largest absolute Gasteiger partial charge is 0.480 e. The van der Waals surface area contributed by atoms with Gasteiger partial charge in [-0.3, -0.25) is 4.79 Å². The summed E-state index contributed by atoms with van der Waals surface area (Å²) in [7, 11) is -3.92. The van der Waals surface area contributed by atoms with Crippen LogP contribution in [0.2, 0.25) is 5.02 Å². The highest BCUT2D eigenvalue weighted by molar-refractivity contribution is 7.89. The number of benzene rings is 2. The van der Waals surface area contributed by atoms with Gasteiger partial charge in [-0.15, -0.1) is 0 Å². The van der Waals surface area contributed by atoms with E-state index in [9.17, 15) is 27.9 Å². The molecule has 10 nitrogen and oxygen atoms in total. The van der Waals surface area contributed by atoms with E-state index in [0.29, 0.717) is 17.0 Å². The lowest BCUT2D eigenvalue weighted by Gasteiger charge is -2.25. The standard InChI is InChI=1S/C22H25ClN4O6S/c23-17-10-5-4-7-15(17)13-24-22(31)25-14-18(21(29)30)26-20(28)19-11-6-12-27(19)34(32,33)16-8-2-1-3-9-16/h1-5,7-10,18-19H,6,11-14H2,(H,26,28)(H,29,30)(H2,24,25,31)/t18-,19-/m0/s1. The number of aliphatic carboxylic acids is 1. The van der Waals surface area contributed by atoms with E-state index < -0.39 is 46.6 Å². The second-order valence-electron chi connectivity index (χ2n) is 7.64. The maximum Gasteiger partial charge on any atom is 0.328 e. The van der Waals surface area contributed by atoms with Crippen LogP contribution in [0.3, 0.4) is 0 Å². The van der Waals surface area contributed by atoms with Gasteiger partial charge in [0.05, 0.1) is 11.4 Å². The van der Waals surface area contributed by atoms with Crippen LogP contribution in [0.25, 0.3) is 0 Å². The average Bonchev–Trinajstić information content (AvgIpc) is 3.32. The molecule has 0 radical (unpaired) electrons. The lowest BCUT2D eigenvalue weighted by Crippen LogP contribution is -2.54. The van der Waals surface area contributed by atoms with Gasteiger partial charge in [-0.05, 0) is 36.6 Å². The molecular formula is C22H25ClN4O6S. The first-order valence-electron chi connectivity index (χ1n) is 10.6. The minimum atomic E-state index is -3.92. The van der Waals surface area contributed by atoms with Gasteiger partial charge < -0.3 is 21.1 Å². The van der Waals surface area contributed by atoms with Gasteiger partial charge in [-0.1, -0.05) is 48.0 Å². The normalized spacial score (nSPS) is 17.0. The second kappa shape index (κ2) is 11.3. The third-order valence-electron chi connectivity index (χ3n) is 5.33. The molecule has 1 heterocycles. The number of carbonyl (C=O) groups is 3. The van der Waals surface area contributed by atoms with Crippen LogP contribution in [0.15, 0.2) is 59.5 Å². The minimum Gasteiger partial charge on any atom is -0.480 e. The van der Waals surface area contributed by atoms with Gasteiger partial charge in [-0.2, -0.15) is 4.31 Å². The minimum absolute atomic E-state index is 0.0568. The summed E-state index contributed by atoms with van der Waals surface area (Å²) in [5, 5.41) is 17.3. The molecule has 34 heavy (non-hydrogen) atoms. The Kier molecular flexibility index (Phi) is 8.48. The number of sulfonamides is 1. The lowest BCUT2D eigenvalue weighted by atomic mass is 10.2. The van der Waals surface area contributed by atoms with Crippen molar-refractivity contribution in [2.45, 2.75) is 36.4 Å². The summed E-state index contributed by atoms with van der Waals surface area (Å²) in [6.07, 6.45) is 0.723. The second-order valence-corrected chi connectivity index (χ2v) is 9.94. The van der Waals surface area contributed by atoms with Crippen LogP contribution in [0.4, 0.5) is 4.79 Å². The SMILES string of the molecule is O=C(NCc1ccccc1Cl)NC[C@H](NC(=O)[C@@H]1CCCN1S(=O)(=O)c1ccccc1)C(=O)O. The molecule has 1 aliphatic heterocycles. The smallest absolute Gasteiger partial charge is 0.328 e. The summed E-state index contributed by atoms with van der Waals surface area (Å²) in [5.41, 5.74) is 0.684. The molecule has 4 N–H and O–H groups in total. The zero-order chi connectivity index (χ0) is 24.7. The van der Waals surface area contributed by atoms with Crippen molar-refractivity contribution in [3.63, 3.8) is 0 Å². The van der Waals surface area contributed by atoms with Crippen LogP contribution in [0, 0.1) is 0 Å². The number of urea groups is 1. The zero-order valence-electron chi connectivity index (χ0n) is 18.1. The highest BCUT2D eigenvalue weighted by Crippen LogP contribution is 2.26. The van der Waals surface area contributed by atoms with Gasteiger partial charge in [0.15, 0.2) is 0 Å². The van der Waals surface area contributed by atoms with Crippen molar-refractivity contribution in [2.75, 3.05) is 13.1 Å². The van der Waals surface area contributed by atoms with E-state index in [1.54, 1.807) is 42.5 Å². The maximum absolute atomic E-state index is 13.0. The quantitative estimate of drug-likeness (QED) is 0.404. The summed E-state index contributed by atoms with van der Waals surface area (Å²) < 4.78 is 27.0. The Balaban J connectivity index is 1.58. The van der Waals surface area contributed by atoms with Crippen LogP contribution in [0.5, 0.6) is 0 Å². The Morgan fingerprint density at radius 1 is 1.06 bits per heavy atom. The number of rotatable bonds is 9. The van der Waals surface area contributed by atoms with Crippen molar-refractivity contribution in [1.82, 2.24) is 20.3 Å². The summed E-state index contributed by atoms with van der Waals surface area (Å²) >= 11 is 6.04. The number of carboxylic acids is 1. The molecule has 3 rings (SSSR count). The summed E-state index contributed by atoms with van der Waals surface area (Å²) in [5.74, 6) is -2.10. The fourth-order valence-corrected chi connectivity index (χ4v) is 5.44. The Morgan fingerprint density at radius 2 is 1.74 bits per heavy atom. The molecule has 0 aliphatic carbocycles. The number of amides is 3. The van der Waals surface area contributed by atoms with Crippen LogP contribution >= 0.6 is 11.6 Å². The molecule has 1 fully saturated rings. The van der Waals surface area contributed by atoms with Gasteiger partial charge in [0.25, 0.3) is 0 Å². The Hall–Kier alpha value is -3.15. The molecule has 1 saturated heterocycles. The molecular weight excluding hydrogens is 484 g/mol. The van der Waals surface area contributed by atoms with Crippen molar-refractivity contribution in [3.05, 3.63) is 65.2 Å². The third kappa shape index (κ3) is 6.25. The molecule has 0 aromatic heterocycles. The first-order chi connectivity index (χ1) is 16.2. The molecule has 1 aliphatic rings. The summed E-state index contributed by atoms with van der Waals surface area (Å²) in [6.45, 7) is -0.118. The lowest BCUT2D eigenvalue weighted by molar-refractivity contribution is -0.142. The van der Waals surface area contributed by atoms with Crippen molar-refractivity contribution in [2.24, 2.45) is 0 Å². The van der Waals surface area contributed by atoms with Crippen molar-refractivity contribution in [1.29, 1.82) is 0 Å².